The van der Waals surface area contributed by atoms with Crippen LogP contribution >= 0.6 is 15.8 Å². The zero-order valence-corrected chi connectivity index (χ0v) is 32.3. The molecular formula is C44H36Fe2P2Pd. The van der Waals surface area contributed by atoms with Gasteiger partial charge in [-0.25, -0.2) is 24.3 Å². The van der Waals surface area contributed by atoms with E-state index in [0.717, 1.165) is 0 Å². The van der Waals surface area contributed by atoms with Crippen LogP contribution in [0.1, 0.15) is 0 Å². The summed E-state index contributed by atoms with van der Waals surface area (Å²) in [6, 6.07) is 78.1. The van der Waals surface area contributed by atoms with Crippen LogP contribution in [-0.2, 0) is 52.1 Å². The standard InChI is InChI=1S/2C17H13P.2C5H5.2Fe.Pd/c2*1-3-9-15(10-4-1)18(17-13-7-8-14-17)16-11-5-2-6-12-16;2*1-2-4-5-3-1;;;/h2*1-13H;2*1-5H;;;/q4*-1;2*+2;. The summed E-state index contributed by atoms with van der Waals surface area (Å²) in [6.07, 6.45) is 0. The molecule has 0 spiro atoms. The second-order valence-corrected chi connectivity index (χ2v) is 16.9. The third kappa shape index (κ3) is 10.9. The summed E-state index contributed by atoms with van der Waals surface area (Å²) < 4.78 is 2.97. The van der Waals surface area contributed by atoms with Gasteiger partial charge in [-0.3, -0.25) is 0 Å². The Labute approximate surface area is 323 Å². The molecule has 0 atom stereocenters. The second-order valence-electron chi connectivity index (χ2n) is 10.5. The van der Waals surface area contributed by atoms with Gasteiger partial charge in [0.2, 0.25) is 0 Å². The molecule has 0 aliphatic carbocycles. The van der Waals surface area contributed by atoms with Crippen LogP contribution < -0.4 is 39.9 Å². The molecule has 0 fully saturated rings. The van der Waals surface area contributed by atoms with Crippen molar-refractivity contribution in [2.75, 3.05) is 0 Å². The minimum atomic E-state index is -0.606. The average molecular weight is 845 g/mol. The van der Waals surface area contributed by atoms with E-state index in [4.69, 9.17) is 0 Å². The van der Waals surface area contributed by atoms with Gasteiger partial charge in [-0.05, 0) is 0 Å². The van der Waals surface area contributed by atoms with Gasteiger partial charge in [0.15, 0.2) is 0 Å². The first-order valence-electron chi connectivity index (χ1n) is 15.6. The molecular weight excluding hydrogens is 809 g/mol. The fourth-order valence-corrected chi connectivity index (χ4v) is 12.9. The van der Waals surface area contributed by atoms with Gasteiger partial charge in [0.05, 0.1) is 0 Å². The number of hydrogen-bond donors (Lipinski definition) is 0. The summed E-state index contributed by atoms with van der Waals surface area (Å²) in [4.78, 5) is 0. The molecule has 0 bridgehead atoms. The summed E-state index contributed by atoms with van der Waals surface area (Å²) in [5, 5.41) is 8.59. The molecule has 5 heteroatoms. The van der Waals surface area contributed by atoms with Crippen LogP contribution in [-0.4, -0.2) is 0 Å². The van der Waals surface area contributed by atoms with Crippen molar-refractivity contribution in [3.05, 3.63) is 218 Å². The van der Waals surface area contributed by atoms with Crippen molar-refractivity contribution >= 4 is 55.7 Å². The molecule has 8 aromatic carbocycles. The van der Waals surface area contributed by atoms with Crippen LogP contribution in [0.3, 0.4) is 0 Å². The number of rotatable bonds is 8. The zero-order valence-electron chi connectivity index (χ0n) is 26.7. The van der Waals surface area contributed by atoms with Crippen LogP contribution in [0.25, 0.3) is 0 Å². The Morgan fingerprint density at radius 1 is 0.347 bits per heavy atom. The van der Waals surface area contributed by atoms with E-state index in [9.17, 15) is 0 Å². The van der Waals surface area contributed by atoms with E-state index >= 15 is 0 Å². The molecule has 0 radical (unpaired) electrons. The van der Waals surface area contributed by atoms with Gasteiger partial charge in [0.1, 0.15) is 0 Å². The Balaban J connectivity index is 0.000000388. The monoisotopic (exact) mass is 844 g/mol. The maximum absolute atomic E-state index is 2.36. The van der Waals surface area contributed by atoms with Gasteiger partial charge < -0.3 is 0 Å². The van der Waals surface area contributed by atoms with Gasteiger partial charge >= 0.3 is 266 Å². The Kier molecular flexibility index (Phi) is 16.7. The van der Waals surface area contributed by atoms with Crippen LogP contribution in [0.4, 0.5) is 0 Å². The third-order valence-electron chi connectivity index (χ3n) is 7.25. The third-order valence-corrected chi connectivity index (χ3v) is 15.0. The Morgan fingerprint density at radius 2 is 0.633 bits per heavy atom. The van der Waals surface area contributed by atoms with E-state index in [1.807, 2.05) is 60.7 Å². The predicted molar refractivity (Wildman–Crippen MR) is 205 cm³/mol. The molecule has 0 nitrogen and oxygen atoms in total. The Morgan fingerprint density at radius 3 is 0.878 bits per heavy atom. The predicted octanol–water partition coefficient (Wildman–Crippen LogP) is 7.48. The first kappa shape index (κ1) is 38.6. The quantitative estimate of drug-likeness (QED) is 0.0847. The summed E-state index contributed by atoms with van der Waals surface area (Å²) in [7, 11) is -1.21. The van der Waals surface area contributed by atoms with Gasteiger partial charge in [0.25, 0.3) is 0 Å². The van der Waals surface area contributed by atoms with Crippen molar-refractivity contribution in [1.82, 2.24) is 0 Å². The number of benzene rings is 4. The summed E-state index contributed by atoms with van der Waals surface area (Å²) in [6.45, 7) is 0. The molecule has 0 heterocycles. The topological polar surface area (TPSA) is 0 Å². The fraction of sp³-hybridized carbons (Fsp3) is 0. The van der Waals surface area contributed by atoms with Crippen molar-refractivity contribution in [3.63, 3.8) is 0 Å². The van der Waals surface area contributed by atoms with E-state index in [2.05, 4.69) is 158 Å². The molecule has 0 saturated carbocycles. The van der Waals surface area contributed by atoms with Crippen LogP contribution in [0.15, 0.2) is 218 Å². The van der Waals surface area contributed by atoms with Crippen molar-refractivity contribution in [1.29, 1.82) is 0 Å². The molecule has 0 aliphatic rings. The molecule has 0 unspecified atom stereocenters. The molecule has 49 heavy (non-hydrogen) atoms. The summed E-state index contributed by atoms with van der Waals surface area (Å²) >= 11 is 0.361. The van der Waals surface area contributed by atoms with Crippen molar-refractivity contribution < 1.29 is 52.1 Å². The molecule has 248 valence electrons. The summed E-state index contributed by atoms with van der Waals surface area (Å²) in [5.74, 6) is 0. The van der Waals surface area contributed by atoms with Crippen molar-refractivity contribution in [3.8, 4) is 0 Å². The van der Waals surface area contributed by atoms with Crippen molar-refractivity contribution in [2.45, 2.75) is 0 Å². The molecule has 0 saturated heterocycles. The first-order chi connectivity index (χ1) is 23.4. The van der Waals surface area contributed by atoms with E-state index in [0.29, 0.717) is 18.0 Å². The first-order valence-corrected chi connectivity index (χ1v) is 19.9. The average Bonchev–Trinajstić information content (AvgIpc) is 3.99. The maximum atomic E-state index is 2.36. The van der Waals surface area contributed by atoms with Gasteiger partial charge in [0, 0.05) is 0 Å². The van der Waals surface area contributed by atoms with Crippen LogP contribution in [0.2, 0.25) is 0 Å². The molecule has 8 aromatic rings. The van der Waals surface area contributed by atoms with Crippen LogP contribution in [0, 0.1) is 0 Å². The fourth-order valence-electron chi connectivity index (χ4n) is 5.13. The van der Waals surface area contributed by atoms with E-state index in [-0.39, 0.29) is 34.1 Å². The molecule has 0 N–H and O–H groups in total. The van der Waals surface area contributed by atoms with Gasteiger partial charge in [-0.1, -0.05) is 0 Å². The Hall–Kier alpha value is -3.16. The molecule has 0 aliphatic heterocycles. The molecule has 0 aromatic heterocycles. The van der Waals surface area contributed by atoms with Gasteiger partial charge in [-0.2, -0.15) is 36.4 Å². The van der Waals surface area contributed by atoms with Crippen LogP contribution in [0.5, 0.6) is 0 Å². The second kappa shape index (κ2) is 21.1. The minimum absolute atomic E-state index is 0. The van der Waals surface area contributed by atoms with E-state index in [1.165, 1.54) is 39.9 Å². The molecule has 8 rings (SSSR count). The number of hydrogen-bond acceptors (Lipinski definition) is 0. The SMILES string of the molecule is [Fe+2].[Fe+2].c1cc[cH-]c1.c1cc[cH-]c1.c1ccc(P(c2ccccc2)c2ccc[c-]2[Pd][c-]2cccc2P(c2ccccc2)c2ccccc2)cc1. The van der Waals surface area contributed by atoms with E-state index < -0.39 is 15.8 Å². The zero-order chi connectivity index (χ0) is 31.9. The Bertz CT molecular complexity index is 1690. The van der Waals surface area contributed by atoms with Crippen molar-refractivity contribution in [2.24, 2.45) is 0 Å². The normalized spacial score (nSPS) is 10.2. The van der Waals surface area contributed by atoms with E-state index in [1.54, 1.807) is 0 Å². The van der Waals surface area contributed by atoms with Gasteiger partial charge in [-0.15, -0.1) is 0 Å². The summed E-state index contributed by atoms with van der Waals surface area (Å²) in [5.41, 5.74) is 0. The molecule has 0 amide bonds.